The van der Waals surface area contributed by atoms with Crippen LogP contribution in [0.1, 0.15) is 57.9 Å². The lowest BCUT2D eigenvalue weighted by atomic mass is 9.51. The average molecular weight is 411 g/mol. The summed E-state index contributed by atoms with van der Waals surface area (Å²) in [5.74, 6) is 1.34. The Labute approximate surface area is 175 Å². The highest BCUT2D eigenvalue weighted by atomic mass is 16.5. The summed E-state index contributed by atoms with van der Waals surface area (Å²) in [7, 11) is 0. The van der Waals surface area contributed by atoms with Crippen molar-refractivity contribution in [2.45, 2.75) is 76.0 Å². The Morgan fingerprint density at radius 3 is 2.67 bits per heavy atom. The van der Waals surface area contributed by atoms with Crippen LogP contribution < -0.4 is 15.7 Å². The molecule has 3 unspecified atom stereocenters. The van der Waals surface area contributed by atoms with Crippen molar-refractivity contribution in [2.75, 3.05) is 0 Å². The minimum atomic E-state index is -0.689. The zero-order valence-corrected chi connectivity index (χ0v) is 17.6. The molecule has 0 aliphatic heterocycles. The summed E-state index contributed by atoms with van der Waals surface area (Å²) in [5.41, 5.74) is 0.0850. The highest BCUT2D eigenvalue weighted by Gasteiger charge is 2.57. The summed E-state index contributed by atoms with van der Waals surface area (Å²) in [5, 5.41) is 15.0. The molecule has 160 valence electrons. The first-order valence-corrected chi connectivity index (χ1v) is 11.0. The molecule has 4 bridgehead atoms. The van der Waals surface area contributed by atoms with E-state index in [2.05, 4.69) is 5.32 Å². The Morgan fingerprint density at radius 1 is 1.27 bits per heavy atom. The topological polar surface area (TPSA) is 88.8 Å². The Hall–Kier alpha value is -2.34. The number of ether oxygens (including phenoxy) is 1. The van der Waals surface area contributed by atoms with Gasteiger partial charge in [-0.1, -0.05) is 6.92 Å². The van der Waals surface area contributed by atoms with Crippen LogP contribution in [0.3, 0.4) is 0 Å². The molecule has 4 saturated carbocycles. The standard InChI is InChI=1S/C24H29NO5/c1-3-17-7-21(26)30-20-8-18(4-5-19(17)20)29-14(2)22(27)25-23-9-15-6-16(10-23)12-24(28,11-15)13-23/h4-5,7-8,14-16,28H,3,6,9-13H2,1-2H3,(H,25,27). The molecule has 0 radical (unpaired) electrons. The van der Waals surface area contributed by atoms with Crippen LogP contribution in [0.15, 0.2) is 33.5 Å². The van der Waals surface area contributed by atoms with Crippen molar-refractivity contribution >= 4 is 16.9 Å². The number of rotatable bonds is 5. The van der Waals surface area contributed by atoms with Gasteiger partial charge in [0, 0.05) is 23.1 Å². The Bertz CT molecular complexity index is 1040. The van der Waals surface area contributed by atoms with Gasteiger partial charge < -0.3 is 19.6 Å². The summed E-state index contributed by atoms with van der Waals surface area (Å²) in [4.78, 5) is 24.8. The lowest BCUT2D eigenvalue weighted by Gasteiger charge is -2.60. The van der Waals surface area contributed by atoms with Gasteiger partial charge >= 0.3 is 5.63 Å². The summed E-state index contributed by atoms with van der Waals surface area (Å²) in [6.07, 6.45) is 5.50. The number of benzene rings is 1. The van der Waals surface area contributed by atoms with E-state index in [4.69, 9.17) is 9.15 Å². The molecule has 6 nitrogen and oxygen atoms in total. The number of carbonyl (C=O) groups excluding carboxylic acids is 1. The van der Waals surface area contributed by atoms with Crippen molar-refractivity contribution < 1.29 is 19.1 Å². The molecule has 2 aromatic rings. The molecule has 0 spiro atoms. The van der Waals surface area contributed by atoms with E-state index in [9.17, 15) is 14.7 Å². The van der Waals surface area contributed by atoms with Gasteiger partial charge in [0.25, 0.3) is 5.91 Å². The van der Waals surface area contributed by atoms with E-state index in [1.165, 1.54) is 12.5 Å². The summed E-state index contributed by atoms with van der Waals surface area (Å²) >= 11 is 0. The molecule has 1 aromatic heterocycles. The van der Waals surface area contributed by atoms with Gasteiger partial charge in [-0.25, -0.2) is 4.79 Å². The number of hydrogen-bond donors (Lipinski definition) is 2. The van der Waals surface area contributed by atoms with E-state index in [1.807, 2.05) is 13.0 Å². The first-order chi connectivity index (χ1) is 14.3. The van der Waals surface area contributed by atoms with E-state index in [-0.39, 0.29) is 17.1 Å². The minimum Gasteiger partial charge on any atom is -0.481 e. The Balaban J connectivity index is 1.31. The lowest BCUT2D eigenvalue weighted by Crippen LogP contribution is -2.66. The third-order valence-electron chi connectivity index (χ3n) is 7.28. The largest absolute Gasteiger partial charge is 0.481 e. The van der Waals surface area contributed by atoms with E-state index in [0.717, 1.165) is 43.1 Å². The second kappa shape index (κ2) is 6.84. The van der Waals surface area contributed by atoms with Gasteiger partial charge in [0.1, 0.15) is 11.3 Å². The van der Waals surface area contributed by atoms with Gasteiger partial charge in [-0.3, -0.25) is 4.79 Å². The van der Waals surface area contributed by atoms with E-state index >= 15 is 0 Å². The predicted octanol–water partition coefficient (Wildman–Crippen LogP) is 3.32. The molecule has 1 heterocycles. The van der Waals surface area contributed by atoms with Gasteiger partial charge in [-0.15, -0.1) is 0 Å². The van der Waals surface area contributed by atoms with Crippen LogP contribution >= 0.6 is 0 Å². The van der Waals surface area contributed by atoms with Crippen LogP contribution in [0.2, 0.25) is 0 Å². The number of aryl methyl sites for hydroxylation is 1. The molecule has 6 rings (SSSR count). The van der Waals surface area contributed by atoms with Gasteiger partial charge in [-0.05, 0) is 81.4 Å². The van der Waals surface area contributed by atoms with Crippen LogP contribution in [-0.4, -0.2) is 28.3 Å². The number of aliphatic hydroxyl groups is 1. The minimum absolute atomic E-state index is 0.163. The van der Waals surface area contributed by atoms with Crippen LogP contribution in [-0.2, 0) is 11.2 Å². The van der Waals surface area contributed by atoms with Crippen LogP contribution in [0.4, 0.5) is 0 Å². The van der Waals surface area contributed by atoms with Gasteiger partial charge in [0.15, 0.2) is 6.10 Å². The second-order valence-corrected chi connectivity index (χ2v) is 9.82. The number of fused-ring (bicyclic) bond motifs is 1. The number of amides is 1. The molecule has 3 atom stereocenters. The molecule has 1 aromatic carbocycles. The van der Waals surface area contributed by atoms with Gasteiger partial charge in [0.2, 0.25) is 0 Å². The maximum Gasteiger partial charge on any atom is 0.336 e. The van der Waals surface area contributed by atoms with Crippen LogP contribution in [0, 0.1) is 11.8 Å². The Kier molecular flexibility index (Phi) is 4.47. The lowest BCUT2D eigenvalue weighted by molar-refractivity contribution is -0.153. The molecular weight excluding hydrogens is 382 g/mol. The summed E-state index contributed by atoms with van der Waals surface area (Å²) in [6, 6.07) is 6.86. The fourth-order valence-electron chi connectivity index (χ4n) is 6.56. The third-order valence-corrected chi connectivity index (χ3v) is 7.28. The monoisotopic (exact) mass is 411 g/mol. The Morgan fingerprint density at radius 2 is 2.00 bits per heavy atom. The normalized spacial score (nSPS) is 32.9. The van der Waals surface area contributed by atoms with Crippen molar-refractivity contribution in [3.05, 3.63) is 40.2 Å². The fraction of sp³-hybridized carbons (Fsp3) is 0.583. The molecule has 4 aliphatic carbocycles. The summed E-state index contributed by atoms with van der Waals surface area (Å²) < 4.78 is 11.2. The molecule has 0 saturated heterocycles. The zero-order chi connectivity index (χ0) is 21.1. The van der Waals surface area contributed by atoms with Crippen molar-refractivity contribution in [1.29, 1.82) is 0 Å². The number of nitrogens with one attached hydrogen (secondary N) is 1. The highest BCUT2D eigenvalue weighted by molar-refractivity contribution is 5.83. The van der Waals surface area contributed by atoms with Crippen molar-refractivity contribution in [1.82, 2.24) is 5.32 Å². The first kappa shape index (κ1) is 19.6. The second-order valence-electron chi connectivity index (χ2n) is 9.82. The van der Waals surface area contributed by atoms with Crippen molar-refractivity contribution in [2.24, 2.45) is 11.8 Å². The SMILES string of the molecule is CCc1cc(=O)oc2cc(OC(C)C(=O)NC34CC5CC(CC(O)(C5)C3)C4)ccc12. The maximum atomic E-state index is 13.0. The maximum absolute atomic E-state index is 13.0. The highest BCUT2D eigenvalue weighted by Crippen LogP contribution is 2.57. The molecule has 4 fully saturated rings. The number of carbonyl (C=O) groups is 1. The molecule has 4 aliphatic rings. The zero-order valence-electron chi connectivity index (χ0n) is 17.6. The average Bonchev–Trinajstić information content (AvgIpc) is 2.64. The van der Waals surface area contributed by atoms with E-state index in [1.54, 1.807) is 19.1 Å². The molecule has 30 heavy (non-hydrogen) atoms. The quantitative estimate of drug-likeness (QED) is 0.737. The van der Waals surface area contributed by atoms with Crippen LogP contribution in [0.25, 0.3) is 11.0 Å². The third kappa shape index (κ3) is 3.41. The van der Waals surface area contributed by atoms with Crippen LogP contribution in [0.5, 0.6) is 5.75 Å². The molecule has 1 amide bonds. The van der Waals surface area contributed by atoms with E-state index in [0.29, 0.717) is 29.6 Å². The smallest absolute Gasteiger partial charge is 0.336 e. The summed E-state index contributed by atoms with van der Waals surface area (Å²) in [6.45, 7) is 3.72. The molecular formula is C24H29NO5. The first-order valence-electron chi connectivity index (χ1n) is 11.0. The molecule has 6 heteroatoms. The van der Waals surface area contributed by atoms with Crippen molar-refractivity contribution in [3.63, 3.8) is 0 Å². The van der Waals surface area contributed by atoms with E-state index < -0.39 is 11.7 Å². The number of hydrogen-bond acceptors (Lipinski definition) is 5. The fourth-order valence-corrected chi connectivity index (χ4v) is 6.56. The van der Waals surface area contributed by atoms with Gasteiger partial charge in [-0.2, -0.15) is 0 Å². The predicted molar refractivity (Wildman–Crippen MR) is 112 cm³/mol. The molecule has 2 N–H and O–H groups in total. The van der Waals surface area contributed by atoms with Crippen molar-refractivity contribution in [3.8, 4) is 5.75 Å². The van der Waals surface area contributed by atoms with Gasteiger partial charge in [0.05, 0.1) is 5.60 Å².